The summed E-state index contributed by atoms with van der Waals surface area (Å²) in [6, 6.07) is 6.96. The maximum atomic E-state index is 13.4. The SMILES string of the molecule is CCOC(=O)N1CCN(Cn2c(=S)n(C(F)F)c3ccccc32)CC1. The quantitative estimate of drug-likeness (QED) is 0.775. The number of nitrogens with zero attached hydrogens (tertiary/aromatic N) is 4. The van der Waals surface area contributed by atoms with Gasteiger partial charge in [-0.2, -0.15) is 8.78 Å². The third kappa shape index (κ3) is 3.52. The molecule has 1 amide bonds. The Morgan fingerprint density at radius 1 is 1.20 bits per heavy atom. The summed E-state index contributed by atoms with van der Waals surface area (Å²) in [6.45, 7) is 2.20. The molecule has 1 fully saturated rings. The Balaban J connectivity index is 1.78. The lowest BCUT2D eigenvalue weighted by Gasteiger charge is -2.34. The molecule has 2 aromatic rings. The number of fused-ring (bicyclic) bond motifs is 1. The molecule has 0 aliphatic carbocycles. The Morgan fingerprint density at radius 2 is 1.84 bits per heavy atom. The van der Waals surface area contributed by atoms with Crippen molar-refractivity contribution in [2.45, 2.75) is 20.1 Å². The van der Waals surface area contributed by atoms with Crippen LogP contribution in [-0.4, -0.2) is 57.8 Å². The first kappa shape index (κ1) is 17.8. The topological polar surface area (TPSA) is 42.6 Å². The molecule has 1 saturated heterocycles. The Hall–Kier alpha value is -2.00. The van der Waals surface area contributed by atoms with Crippen molar-refractivity contribution in [3.05, 3.63) is 29.0 Å². The molecular weight excluding hydrogens is 350 g/mol. The highest BCUT2D eigenvalue weighted by atomic mass is 32.1. The Labute approximate surface area is 149 Å². The van der Waals surface area contributed by atoms with E-state index in [1.807, 2.05) is 6.07 Å². The lowest BCUT2D eigenvalue weighted by Crippen LogP contribution is -2.49. The first-order chi connectivity index (χ1) is 12.0. The van der Waals surface area contributed by atoms with Crippen LogP contribution in [0.5, 0.6) is 0 Å². The minimum atomic E-state index is -2.68. The number of rotatable bonds is 4. The van der Waals surface area contributed by atoms with Crippen LogP contribution in [0.4, 0.5) is 13.6 Å². The fourth-order valence-corrected chi connectivity index (χ4v) is 3.38. The maximum Gasteiger partial charge on any atom is 0.409 e. The first-order valence-electron chi connectivity index (χ1n) is 8.15. The van der Waals surface area contributed by atoms with Gasteiger partial charge < -0.3 is 14.2 Å². The fraction of sp³-hybridized carbons (Fsp3) is 0.500. The standard InChI is InChI=1S/C16H20F2N4O2S/c1-2-24-16(23)20-9-7-19(8-10-20)11-21-12-5-3-4-6-13(12)22(14(17)18)15(21)25/h3-6,14H,2,7-11H2,1H3. The van der Waals surface area contributed by atoms with Crippen molar-refractivity contribution in [3.63, 3.8) is 0 Å². The van der Waals surface area contributed by atoms with Crippen molar-refractivity contribution < 1.29 is 18.3 Å². The normalized spacial score (nSPS) is 15.9. The van der Waals surface area contributed by atoms with Crippen LogP contribution in [0.2, 0.25) is 0 Å². The van der Waals surface area contributed by atoms with Gasteiger partial charge in [-0.15, -0.1) is 0 Å². The van der Waals surface area contributed by atoms with Crippen LogP contribution in [0.1, 0.15) is 13.5 Å². The van der Waals surface area contributed by atoms with E-state index in [2.05, 4.69) is 4.90 Å². The van der Waals surface area contributed by atoms with Crippen molar-refractivity contribution in [2.75, 3.05) is 32.8 Å². The van der Waals surface area contributed by atoms with E-state index >= 15 is 0 Å². The van der Waals surface area contributed by atoms with Gasteiger partial charge in [0, 0.05) is 26.2 Å². The van der Waals surface area contributed by atoms with Crippen LogP contribution in [-0.2, 0) is 11.4 Å². The molecule has 0 radical (unpaired) electrons. The number of hydrogen-bond acceptors (Lipinski definition) is 4. The number of ether oxygens (including phenoxy) is 1. The second-order valence-corrected chi connectivity index (χ2v) is 6.16. The van der Waals surface area contributed by atoms with E-state index in [1.165, 1.54) is 0 Å². The molecule has 1 aliphatic heterocycles. The molecule has 0 saturated carbocycles. The van der Waals surface area contributed by atoms with Crippen molar-refractivity contribution in [3.8, 4) is 0 Å². The maximum absolute atomic E-state index is 13.4. The summed E-state index contributed by atoms with van der Waals surface area (Å²) in [7, 11) is 0. The smallest absolute Gasteiger partial charge is 0.409 e. The summed E-state index contributed by atoms with van der Waals surface area (Å²) in [6.07, 6.45) is -0.312. The molecule has 1 aliphatic rings. The van der Waals surface area contributed by atoms with Gasteiger partial charge in [-0.1, -0.05) is 12.1 Å². The predicted molar refractivity (Wildman–Crippen MR) is 92.2 cm³/mol. The highest BCUT2D eigenvalue weighted by Gasteiger charge is 2.23. The van der Waals surface area contributed by atoms with E-state index in [9.17, 15) is 13.6 Å². The average Bonchev–Trinajstić information content (AvgIpc) is 2.88. The van der Waals surface area contributed by atoms with Crippen molar-refractivity contribution in [2.24, 2.45) is 0 Å². The molecule has 9 heteroatoms. The molecule has 1 aromatic carbocycles. The molecule has 0 bridgehead atoms. The van der Waals surface area contributed by atoms with Gasteiger partial charge in [-0.25, -0.2) is 4.79 Å². The van der Waals surface area contributed by atoms with Gasteiger partial charge in [0.25, 0.3) is 0 Å². The van der Waals surface area contributed by atoms with Gasteiger partial charge in [0.1, 0.15) is 0 Å². The number of carbonyl (C=O) groups excluding carboxylic acids is 1. The second kappa shape index (κ2) is 7.49. The molecule has 0 N–H and O–H groups in total. The number of piperazine rings is 1. The van der Waals surface area contributed by atoms with Gasteiger partial charge >= 0.3 is 12.6 Å². The third-order valence-electron chi connectivity index (χ3n) is 4.30. The average molecular weight is 370 g/mol. The molecule has 2 heterocycles. The number of para-hydroxylation sites is 2. The van der Waals surface area contributed by atoms with Crippen molar-refractivity contribution in [1.82, 2.24) is 18.9 Å². The number of aromatic nitrogens is 2. The van der Waals surface area contributed by atoms with E-state index < -0.39 is 6.55 Å². The second-order valence-electron chi connectivity index (χ2n) is 5.79. The van der Waals surface area contributed by atoms with E-state index in [0.717, 1.165) is 4.57 Å². The fourth-order valence-electron chi connectivity index (χ4n) is 3.04. The van der Waals surface area contributed by atoms with E-state index in [0.29, 0.717) is 50.5 Å². The predicted octanol–water partition coefficient (Wildman–Crippen LogP) is 3.30. The minimum absolute atomic E-state index is 0.101. The summed E-state index contributed by atoms with van der Waals surface area (Å²) < 4.78 is 34.4. The highest BCUT2D eigenvalue weighted by molar-refractivity contribution is 7.71. The van der Waals surface area contributed by atoms with Crippen LogP contribution in [0.3, 0.4) is 0 Å². The summed E-state index contributed by atoms with van der Waals surface area (Å²) in [5, 5.41) is 0. The van der Waals surface area contributed by atoms with Crippen molar-refractivity contribution in [1.29, 1.82) is 0 Å². The Morgan fingerprint density at radius 3 is 2.44 bits per heavy atom. The van der Waals surface area contributed by atoms with Crippen LogP contribution < -0.4 is 0 Å². The zero-order valence-electron chi connectivity index (χ0n) is 13.9. The molecule has 136 valence electrons. The monoisotopic (exact) mass is 370 g/mol. The van der Waals surface area contributed by atoms with Crippen LogP contribution >= 0.6 is 12.2 Å². The summed E-state index contributed by atoms with van der Waals surface area (Å²) in [5.41, 5.74) is 1.10. The molecular formula is C16H20F2N4O2S. The molecule has 1 aromatic heterocycles. The zero-order valence-corrected chi connectivity index (χ0v) is 14.7. The minimum Gasteiger partial charge on any atom is -0.450 e. The van der Waals surface area contributed by atoms with E-state index in [1.54, 1.807) is 34.6 Å². The number of carbonyl (C=O) groups is 1. The van der Waals surface area contributed by atoms with Gasteiger partial charge in [0.15, 0.2) is 4.77 Å². The Bertz CT molecular complexity index is 812. The number of benzene rings is 1. The molecule has 0 atom stereocenters. The van der Waals surface area contributed by atoms with Gasteiger partial charge in [0.2, 0.25) is 0 Å². The summed E-state index contributed by atoms with van der Waals surface area (Å²) in [5.74, 6) is 0. The molecule has 6 nitrogen and oxygen atoms in total. The van der Waals surface area contributed by atoms with Crippen LogP contribution in [0.15, 0.2) is 24.3 Å². The third-order valence-corrected chi connectivity index (χ3v) is 4.72. The number of hydrogen-bond donors (Lipinski definition) is 0. The van der Waals surface area contributed by atoms with Crippen LogP contribution in [0.25, 0.3) is 11.0 Å². The first-order valence-corrected chi connectivity index (χ1v) is 8.55. The van der Waals surface area contributed by atoms with Crippen molar-refractivity contribution >= 4 is 29.3 Å². The van der Waals surface area contributed by atoms with Gasteiger partial charge in [-0.3, -0.25) is 9.47 Å². The number of imidazole rings is 1. The molecule has 3 rings (SSSR count). The number of halogens is 2. The van der Waals surface area contributed by atoms with E-state index in [4.69, 9.17) is 17.0 Å². The highest BCUT2D eigenvalue weighted by Crippen LogP contribution is 2.24. The lowest BCUT2D eigenvalue weighted by atomic mass is 10.3. The van der Waals surface area contributed by atoms with E-state index in [-0.39, 0.29) is 10.9 Å². The largest absolute Gasteiger partial charge is 0.450 e. The Kier molecular flexibility index (Phi) is 5.33. The van der Waals surface area contributed by atoms with Crippen LogP contribution in [0, 0.1) is 4.77 Å². The van der Waals surface area contributed by atoms with Gasteiger partial charge in [0.05, 0.1) is 24.3 Å². The number of alkyl halides is 2. The summed E-state index contributed by atoms with van der Waals surface area (Å²) >= 11 is 5.27. The molecule has 0 unspecified atom stereocenters. The zero-order chi connectivity index (χ0) is 18.0. The summed E-state index contributed by atoms with van der Waals surface area (Å²) in [4.78, 5) is 15.5. The molecule has 0 spiro atoms. The lowest BCUT2D eigenvalue weighted by molar-refractivity contribution is 0.0651. The van der Waals surface area contributed by atoms with Gasteiger partial charge in [-0.05, 0) is 31.3 Å². The molecule has 25 heavy (non-hydrogen) atoms. The number of amides is 1.